The van der Waals surface area contributed by atoms with Crippen molar-refractivity contribution in [2.24, 2.45) is 0 Å². The van der Waals surface area contributed by atoms with Gasteiger partial charge in [-0.25, -0.2) is 0 Å². The summed E-state index contributed by atoms with van der Waals surface area (Å²) < 4.78 is 2.18. The van der Waals surface area contributed by atoms with Crippen molar-refractivity contribution in [1.29, 1.82) is 0 Å². The molecule has 0 radical (unpaired) electrons. The van der Waals surface area contributed by atoms with Crippen LogP contribution in [0.5, 0.6) is 0 Å². The van der Waals surface area contributed by atoms with E-state index in [2.05, 4.69) is 62.4 Å². The summed E-state index contributed by atoms with van der Waals surface area (Å²) in [6.07, 6.45) is 0. The average Bonchev–Trinajstić information content (AvgIpc) is 2.30. The third kappa shape index (κ3) is 2.98. The van der Waals surface area contributed by atoms with E-state index in [1.165, 1.54) is 11.1 Å². The Labute approximate surface area is 114 Å². The Morgan fingerprint density at radius 3 is 1.24 bits per heavy atom. The van der Waals surface area contributed by atoms with Crippen LogP contribution < -0.4 is 7.22 Å². The fourth-order valence-electron chi connectivity index (χ4n) is 1.55. The van der Waals surface area contributed by atoms with Crippen LogP contribution in [0.4, 0.5) is 0 Å². The van der Waals surface area contributed by atoms with E-state index >= 15 is 0 Å². The van der Waals surface area contributed by atoms with Crippen molar-refractivity contribution in [3.05, 3.63) is 59.7 Å². The van der Waals surface area contributed by atoms with Crippen LogP contribution in [-0.2, 0) is 0 Å². The van der Waals surface area contributed by atoms with Crippen molar-refractivity contribution in [1.82, 2.24) is 0 Å². The van der Waals surface area contributed by atoms with Gasteiger partial charge in [-0.05, 0) is 0 Å². The molecule has 0 aliphatic heterocycles. The molecule has 0 bridgehead atoms. The molecule has 2 aromatic carbocycles. The van der Waals surface area contributed by atoms with E-state index in [-0.39, 0.29) is 0 Å². The number of aryl methyl sites for hydroxylation is 2. The molecule has 0 fully saturated rings. The Hall–Kier alpha value is -0.190. The summed E-state index contributed by atoms with van der Waals surface area (Å²) in [5.74, 6) is 0. The maximum atomic E-state index is 6.65. The first-order valence-corrected chi connectivity index (χ1v) is 13.6. The van der Waals surface area contributed by atoms with Gasteiger partial charge in [0.1, 0.15) is 0 Å². The zero-order valence-electron chi connectivity index (χ0n) is 9.78. The van der Waals surface area contributed by atoms with Gasteiger partial charge >= 0.3 is 115 Å². The molecule has 0 N–H and O–H groups in total. The number of hydrogen-bond donors (Lipinski definition) is 0. The van der Waals surface area contributed by atoms with Crippen molar-refractivity contribution in [3.8, 4) is 0 Å². The number of benzene rings is 2. The van der Waals surface area contributed by atoms with Crippen LogP contribution in [0, 0.1) is 13.8 Å². The number of hydrogen-bond acceptors (Lipinski definition) is 0. The molecule has 0 aliphatic rings. The van der Waals surface area contributed by atoms with Crippen LogP contribution in [0.2, 0.25) is 0 Å². The first-order chi connectivity index (χ1) is 8.00. The molecule has 0 aliphatic carbocycles. The SMILES string of the molecule is Cc1ccc([Te](Cl)(Cl)c2ccc(C)cc2)cc1. The van der Waals surface area contributed by atoms with Crippen LogP contribution in [0.15, 0.2) is 48.5 Å². The second-order valence-electron chi connectivity index (χ2n) is 4.10. The van der Waals surface area contributed by atoms with Gasteiger partial charge < -0.3 is 0 Å². The summed E-state index contributed by atoms with van der Waals surface area (Å²) in [5, 5.41) is 0. The topological polar surface area (TPSA) is 0 Å². The maximum absolute atomic E-state index is 6.65. The van der Waals surface area contributed by atoms with Crippen molar-refractivity contribution < 1.29 is 0 Å². The molecule has 0 heterocycles. The quantitative estimate of drug-likeness (QED) is 0.701. The summed E-state index contributed by atoms with van der Waals surface area (Å²) in [4.78, 5) is 0. The molecule has 0 amide bonds. The van der Waals surface area contributed by atoms with E-state index in [1.54, 1.807) is 0 Å². The monoisotopic (exact) mass is 382 g/mol. The Balaban J connectivity index is 2.41. The molecule has 2 rings (SSSR count). The van der Waals surface area contributed by atoms with Gasteiger partial charge in [0.2, 0.25) is 0 Å². The summed E-state index contributed by atoms with van der Waals surface area (Å²) in [5.41, 5.74) is 2.45. The van der Waals surface area contributed by atoms with Crippen molar-refractivity contribution in [2.45, 2.75) is 13.8 Å². The van der Waals surface area contributed by atoms with Crippen LogP contribution in [0.3, 0.4) is 0 Å². The fraction of sp³-hybridized carbons (Fsp3) is 0.143. The van der Waals surface area contributed by atoms with Crippen molar-refractivity contribution in [2.75, 3.05) is 0 Å². The van der Waals surface area contributed by atoms with E-state index in [9.17, 15) is 0 Å². The zero-order chi connectivity index (χ0) is 12.5. The molecule has 0 saturated heterocycles. The van der Waals surface area contributed by atoms with Crippen LogP contribution in [-0.4, -0.2) is 15.9 Å². The minimum absolute atomic E-state index is 1.09. The molecule has 0 unspecified atom stereocenters. The fourth-order valence-corrected chi connectivity index (χ4v) is 7.82. The Bertz CT molecular complexity index is 453. The second kappa shape index (κ2) is 5.21. The van der Waals surface area contributed by atoms with Gasteiger partial charge in [0, 0.05) is 0 Å². The number of rotatable bonds is 2. The summed E-state index contributed by atoms with van der Waals surface area (Å²) in [7, 11) is 13.3. The van der Waals surface area contributed by atoms with Crippen LogP contribution >= 0.6 is 17.9 Å². The molecule has 0 atom stereocenters. The van der Waals surface area contributed by atoms with Gasteiger partial charge in [0.25, 0.3) is 0 Å². The molecule has 0 aromatic heterocycles. The summed E-state index contributed by atoms with van der Waals surface area (Å²) >= 11 is -3.14. The van der Waals surface area contributed by atoms with E-state index < -0.39 is 15.9 Å². The molecule has 2 aromatic rings. The van der Waals surface area contributed by atoms with E-state index in [4.69, 9.17) is 17.9 Å². The number of halogens is 2. The van der Waals surface area contributed by atoms with Gasteiger partial charge in [-0.15, -0.1) is 0 Å². The van der Waals surface area contributed by atoms with E-state index in [1.807, 2.05) is 0 Å². The molecule has 0 nitrogen and oxygen atoms in total. The summed E-state index contributed by atoms with van der Waals surface area (Å²) in [6, 6.07) is 16.5. The van der Waals surface area contributed by atoms with Gasteiger partial charge in [0.05, 0.1) is 0 Å². The standard InChI is InChI=1S/C14H14Cl2Te/c1-11-3-7-13(8-4-11)17(15,16)14-9-5-12(2)6-10-14/h3-10H,1-2H3. The molecule has 0 spiro atoms. The molecule has 90 valence electrons. The van der Waals surface area contributed by atoms with Gasteiger partial charge in [-0.2, -0.15) is 0 Å². The van der Waals surface area contributed by atoms with E-state index in [0.717, 1.165) is 7.22 Å². The third-order valence-electron chi connectivity index (χ3n) is 2.63. The average molecular weight is 381 g/mol. The van der Waals surface area contributed by atoms with Gasteiger partial charge in [-0.1, -0.05) is 0 Å². The van der Waals surface area contributed by atoms with Crippen LogP contribution in [0.25, 0.3) is 0 Å². The Kier molecular flexibility index (Phi) is 4.06. The molecule has 17 heavy (non-hydrogen) atoms. The normalized spacial score (nSPS) is 12.5. The van der Waals surface area contributed by atoms with Crippen LogP contribution in [0.1, 0.15) is 11.1 Å². The predicted octanol–water partition coefficient (Wildman–Crippen LogP) is 3.34. The van der Waals surface area contributed by atoms with Crippen molar-refractivity contribution in [3.63, 3.8) is 0 Å². The minimum atomic E-state index is -3.14. The first kappa shape index (κ1) is 13.2. The molecule has 3 heteroatoms. The molecular weight excluding hydrogens is 367 g/mol. The predicted molar refractivity (Wildman–Crippen MR) is 79.1 cm³/mol. The first-order valence-electron chi connectivity index (χ1n) is 5.36. The Morgan fingerprint density at radius 2 is 0.941 bits per heavy atom. The van der Waals surface area contributed by atoms with Gasteiger partial charge in [-0.3, -0.25) is 0 Å². The Morgan fingerprint density at radius 1 is 0.647 bits per heavy atom. The molecular formula is C14H14Cl2Te. The second-order valence-corrected chi connectivity index (χ2v) is 16.7. The van der Waals surface area contributed by atoms with Gasteiger partial charge in [0.15, 0.2) is 0 Å². The van der Waals surface area contributed by atoms with Crippen molar-refractivity contribution >= 4 is 41.1 Å². The zero-order valence-corrected chi connectivity index (χ0v) is 13.6. The summed E-state index contributed by atoms with van der Waals surface area (Å²) in [6.45, 7) is 4.13. The van der Waals surface area contributed by atoms with E-state index in [0.29, 0.717) is 0 Å². The third-order valence-corrected chi connectivity index (χ3v) is 12.3. The molecule has 0 saturated carbocycles.